The number of piperidine rings is 3. The van der Waals surface area contributed by atoms with Crippen LogP contribution in [0.3, 0.4) is 0 Å². The number of carbonyl (C=O) groups excluding carboxylic acids is 16. The third-order valence-corrected chi connectivity index (χ3v) is 31.5. The number of ketones is 5. The van der Waals surface area contributed by atoms with Gasteiger partial charge in [0.1, 0.15) is 30.2 Å². The van der Waals surface area contributed by atoms with E-state index in [1.54, 1.807) is 14.7 Å². The number of rotatable bonds is 22. The topological polar surface area (TPSA) is 466 Å². The summed E-state index contributed by atoms with van der Waals surface area (Å²) in [6, 6.07) is -9.57. The average Bonchev–Trinajstić information content (AvgIpc) is 1.54. The van der Waals surface area contributed by atoms with Crippen LogP contribution in [0, 0.1) is 75.4 Å². The average molecular weight is 1840 g/mol. The number of hydrogen-bond donors (Lipinski definition) is 12. The van der Waals surface area contributed by atoms with Crippen molar-refractivity contribution >= 4 is 101 Å². The number of nitrogens with zero attached hydrogens (tertiary/aromatic N) is 3. The SMILES string of the molecule is C=CCNC(=O)C(=O)[C@@H]1CCCCCCCCC[C@H](N)C(=O)N2C[C@H]3[C@@H]([C@H]2C(=O)N1)C3(C)C.C=CCNC(=O)C(=O)[C@@H]1CCCCCCCCC[C@H](NC(=O)N[C@H](C(=O)C2CC2)C2CCCCC2)C(=O)N2C[C@H]3[C@@H]([C@H]2C(=O)N1)C3(C)C.C=CCNC(=O)C(=O)[C@@H]1CCCCCCCCC[C@H](NC(=O)N[C@H](C(=O)C2CC2)C2CCCCC2)C(=O)N2C[C@H]3[C@@H]([C@H]2C(=O)N1)C3(C)C.O=CO. The first-order valence-corrected chi connectivity index (χ1v) is 50.4. The van der Waals surface area contributed by atoms with E-state index in [0.29, 0.717) is 71.0 Å². The normalized spacial score (nSPS) is 30.5. The Hall–Kier alpha value is -9.23. The van der Waals surface area contributed by atoms with Crippen LogP contribution in [-0.4, -0.2) is 226 Å². The highest BCUT2D eigenvalue weighted by Gasteiger charge is 2.72. The fraction of sp³-hybridized carbons (Fsp3) is 0.770. The van der Waals surface area contributed by atoms with Crippen LogP contribution in [0.4, 0.5) is 9.59 Å². The van der Waals surface area contributed by atoms with E-state index in [1.165, 1.54) is 18.2 Å². The van der Waals surface area contributed by atoms with Gasteiger partial charge in [0.25, 0.3) is 24.2 Å². The lowest BCUT2D eigenvalue weighted by atomic mass is 9.81. The number of nitrogens with two attached hydrogens (primary N) is 1. The minimum absolute atomic E-state index is 0.0178. The van der Waals surface area contributed by atoms with Gasteiger partial charge in [0.05, 0.1) is 36.3 Å². The Morgan fingerprint density at radius 2 is 0.621 bits per heavy atom. The smallest absolute Gasteiger partial charge is 0.316 e. The predicted octanol–water partition coefficient (Wildman–Crippen LogP) is 9.27. The molecule has 13 aliphatic rings. The van der Waals surface area contributed by atoms with Gasteiger partial charge in [-0.2, -0.15) is 0 Å². The zero-order chi connectivity index (χ0) is 95.7. The van der Waals surface area contributed by atoms with Crippen LogP contribution >= 0.6 is 0 Å². The second-order valence-corrected chi connectivity index (χ2v) is 41.8. The van der Waals surface area contributed by atoms with Crippen molar-refractivity contribution in [2.75, 3.05) is 39.3 Å². The Balaban J connectivity index is 0.000000206. The molecule has 13 N–H and O–H groups in total. The van der Waals surface area contributed by atoms with Gasteiger partial charge in [-0.1, -0.05) is 233 Å². The summed E-state index contributed by atoms with van der Waals surface area (Å²) in [5, 5.41) is 35.0. The first kappa shape index (κ1) is 105. The summed E-state index contributed by atoms with van der Waals surface area (Å²) in [5.41, 5.74) is 5.89. The van der Waals surface area contributed by atoms with Crippen molar-refractivity contribution in [3.63, 3.8) is 0 Å². The third-order valence-electron chi connectivity index (χ3n) is 31.5. The number of carboxylic acid groups (broad SMARTS) is 1. The van der Waals surface area contributed by atoms with Gasteiger partial charge in [-0.15, -0.1) is 19.7 Å². The summed E-state index contributed by atoms with van der Waals surface area (Å²) in [6.07, 6.45) is 39.9. The summed E-state index contributed by atoms with van der Waals surface area (Å²) < 4.78 is 0. The molecule has 0 aromatic heterocycles. The molecule has 0 unspecified atom stereocenters. The molecule has 17 atom stereocenters. The minimum Gasteiger partial charge on any atom is -0.483 e. The molecule has 0 aromatic rings. The van der Waals surface area contributed by atoms with Gasteiger partial charge in [-0.3, -0.25) is 71.9 Å². The van der Waals surface area contributed by atoms with Crippen molar-refractivity contribution in [3.05, 3.63) is 38.0 Å². The fourth-order valence-corrected chi connectivity index (χ4v) is 23.0. The van der Waals surface area contributed by atoms with Gasteiger partial charge in [0.15, 0.2) is 11.6 Å². The summed E-state index contributed by atoms with van der Waals surface area (Å²) >= 11 is 0. The number of hydrogen-bond acceptors (Lipinski definition) is 18. The molecule has 0 spiro atoms. The van der Waals surface area contributed by atoms with Crippen LogP contribution in [0.2, 0.25) is 0 Å². The zero-order valence-electron chi connectivity index (χ0n) is 79.6. The van der Waals surface area contributed by atoms with Crippen LogP contribution < -0.4 is 58.9 Å². The number of carbonyl (C=O) groups is 17. The summed E-state index contributed by atoms with van der Waals surface area (Å²) in [6.45, 7) is 24.8. The van der Waals surface area contributed by atoms with Gasteiger partial charge in [-0.25, -0.2) is 9.59 Å². The molecule has 0 bridgehead atoms. The number of urea groups is 2. The molecule has 6 aliphatic heterocycles. The van der Waals surface area contributed by atoms with E-state index in [9.17, 15) is 76.7 Å². The van der Waals surface area contributed by atoms with E-state index in [4.69, 9.17) is 15.6 Å². The molecule has 32 nitrogen and oxygen atoms in total. The van der Waals surface area contributed by atoms with Gasteiger partial charge in [0.2, 0.25) is 52.8 Å². The third kappa shape index (κ3) is 27.5. The van der Waals surface area contributed by atoms with E-state index in [1.807, 2.05) is 0 Å². The van der Waals surface area contributed by atoms with Crippen molar-refractivity contribution in [3.8, 4) is 0 Å². The molecule has 0 radical (unpaired) electrons. The number of nitrogens with one attached hydrogen (secondary N) is 10. The second-order valence-electron chi connectivity index (χ2n) is 41.8. The highest BCUT2D eigenvalue weighted by molar-refractivity contribution is 6.39. The standard InChI is InChI=1S/2C37H57N5O6.C25H40N4O4.CH2O2/c2*1-4-21-38-34(46)32(44)26-17-13-8-6-5-7-9-14-18-27(35(47)42-22-25-28(37(25,2)3)30(42)33(45)39-26)40-36(48)41-29(31(43)24-19-20-24)23-15-11-10-12-16-23;1-4-14-27-23(32)21(30)18-13-11-9-7-5-6-8-10-12-17(26)24(33)29-15-16-19(25(16,2)3)20(29)22(31)28-18;2-1-3/h2*4,23-30H,1,5-22H2,2-3H3,(H,38,46)(H,39,45)(H2,40,41,48);4,16-20H,1,5-15,26H2,2-3H3,(H,27,32)(H,28,31);1H,(H,2,3)/t2*25-,26-,27-,28-,29-,30-;16-,17-,18-,19-,20-;/m000./s1. The van der Waals surface area contributed by atoms with E-state index in [0.717, 1.165) is 212 Å². The maximum atomic E-state index is 14.4. The molecule has 13 amide bonds. The Kier molecular flexibility index (Phi) is 39.2. The number of fused-ring (bicyclic) bond motifs is 9. The molecule has 0 aromatic carbocycles. The largest absolute Gasteiger partial charge is 0.483 e. The Morgan fingerprint density at radius 1 is 0.379 bits per heavy atom. The van der Waals surface area contributed by atoms with Crippen LogP contribution in [0.25, 0.3) is 0 Å². The minimum atomic E-state index is -0.992. The number of Topliss-reactive ketones (excluding diaryl/α,β-unsaturated/α-hetero) is 5. The molecular weight excluding hydrogens is 1690 g/mol. The molecule has 13 rings (SSSR count). The Bertz CT molecular complexity index is 3920. The van der Waals surface area contributed by atoms with Gasteiger partial charge < -0.3 is 78.7 Å². The second kappa shape index (κ2) is 49.3. The van der Waals surface area contributed by atoms with E-state index >= 15 is 0 Å². The van der Waals surface area contributed by atoms with Crippen molar-refractivity contribution in [1.82, 2.24) is 67.9 Å². The lowest BCUT2D eigenvalue weighted by Crippen LogP contribution is -2.60. The molecule has 734 valence electrons. The maximum absolute atomic E-state index is 14.4. The monoisotopic (exact) mass is 1840 g/mol. The molecule has 13 fully saturated rings. The van der Waals surface area contributed by atoms with Gasteiger partial charge in [0, 0.05) is 51.1 Å². The lowest BCUT2D eigenvalue weighted by molar-refractivity contribution is -0.144. The molecule has 6 saturated heterocycles. The molecule has 32 heteroatoms. The summed E-state index contributed by atoms with van der Waals surface area (Å²) in [7, 11) is 0. The van der Waals surface area contributed by atoms with Crippen molar-refractivity contribution in [2.24, 2.45) is 81.2 Å². The molecule has 7 aliphatic carbocycles. The maximum Gasteiger partial charge on any atom is 0.316 e. The summed E-state index contributed by atoms with van der Waals surface area (Å²) in [4.78, 5) is 227. The van der Waals surface area contributed by atoms with Gasteiger partial charge >= 0.3 is 12.1 Å². The van der Waals surface area contributed by atoms with Crippen molar-refractivity contribution in [1.29, 1.82) is 0 Å². The van der Waals surface area contributed by atoms with E-state index in [-0.39, 0.29) is 137 Å². The zero-order valence-corrected chi connectivity index (χ0v) is 79.6. The highest BCUT2D eigenvalue weighted by Crippen LogP contribution is 2.67. The number of amides is 13. The van der Waals surface area contributed by atoms with Crippen LogP contribution in [0.5, 0.6) is 0 Å². The summed E-state index contributed by atoms with van der Waals surface area (Å²) in [5.74, 6) is -5.48. The first-order chi connectivity index (χ1) is 63.2. The molecular formula is C100H156N14O18. The van der Waals surface area contributed by atoms with Crippen molar-refractivity contribution < 1.29 is 86.6 Å². The fourth-order valence-electron chi connectivity index (χ4n) is 23.0. The van der Waals surface area contributed by atoms with Crippen molar-refractivity contribution in [2.45, 2.75) is 371 Å². The van der Waals surface area contributed by atoms with Gasteiger partial charge in [-0.05, 0) is 153 Å². The molecule has 6 heterocycles. The highest BCUT2D eigenvalue weighted by atomic mass is 16.3. The quantitative estimate of drug-likeness (QED) is 0.0273. The Morgan fingerprint density at radius 3 is 0.894 bits per heavy atom. The van der Waals surface area contributed by atoms with E-state index < -0.39 is 125 Å². The van der Waals surface area contributed by atoms with Crippen LogP contribution in [0.1, 0.15) is 305 Å². The van der Waals surface area contributed by atoms with E-state index in [2.05, 4.69) is 114 Å². The first-order valence-electron chi connectivity index (χ1n) is 50.4. The van der Waals surface area contributed by atoms with Crippen LogP contribution in [-0.2, 0) is 71.9 Å². The predicted molar refractivity (Wildman–Crippen MR) is 498 cm³/mol. The molecule has 7 saturated carbocycles. The van der Waals surface area contributed by atoms with Crippen LogP contribution in [0.15, 0.2) is 38.0 Å². The molecule has 132 heavy (non-hydrogen) atoms. The lowest BCUT2D eigenvalue weighted by Gasteiger charge is -2.34. The Labute approximate surface area is 780 Å².